The van der Waals surface area contributed by atoms with Crippen molar-refractivity contribution in [1.29, 1.82) is 0 Å². The number of aliphatic hydroxyl groups excluding tert-OH is 2. The van der Waals surface area contributed by atoms with Crippen LogP contribution in [0.4, 0.5) is 5.69 Å². The normalized spacial score (nSPS) is 12.1. The quantitative estimate of drug-likeness (QED) is 0.478. The smallest absolute Gasteiger partial charge is 0.341 e. The van der Waals surface area contributed by atoms with E-state index in [4.69, 9.17) is 15.3 Å². The molecule has 0 aliphatic heterocycles. The van der Waals surface area contributed by atoms with Crippen molar-refractivity contribution in [2.75, 3.05) is 18.5 Å². The first-order chi connectivity index (χ1) is 7.56. The lowest BCUT2D eigenvalue weighted by Gasteiger charge is -2.12. The van der Waals surface area contributed by atoms with Crippen molar-refractivity contribution >= 4 is 11.7 Å². The summed E-state index contributed by atoms with van der Waals surface area (Å²) in [5.41, 5.74) is -0.0624. The zero-order valence-corrected chi connectivity index (χ0v) is 8.42. The average Bonchev–Trinajstić information content (AvgIpc) is 2.25. The van der Waals surface area contributed by atoms with Gasteiger partial charge in [-0.25, -0.2) is 4.79 Å². The lowest BCUT2D eigenvalue weighted by Crippen LogP contribution is -2.23. The van der Waals surface area contributed by atoms with E-state index < -0.39 is 18.7 Å². The van der Waals surface area contributed by atoms with Crippen LogP contribution in [0.2, 0.25) is 0 Å². The highest BCUT2D eigenvalue weighted by Crippen LogP contribution is 2.25. The average molecular weight is 227 g/mol. The molecule has 0 spiro atoms. The predicted octanol–water partition coefficient (Wildman–Crippen LogP) is -0.145. The molecule has 0 bridgehead atoms. The van der Waals surface area contributed by atoms with Crippen LogP contribution in [-0.4, -0.2) is 45.7 Å². The molecule has 0 saturated heterocycles. The molecule has 1 rings (SSSR count). The third-order valence-electron chi connectivity index (χ3n) is 2.00. The van der Waals surface area contributed by atoms with Crippen LogP contribution >= 0.6 is 0 Å². The summed E-state index contributed by atoms with van der Waals surface area (Å²) in [6.45, 7) is -0.422. The highest BCUT2D eigenvalue weighted by molar-refractivity contribution is 5.97. The summed E-state index contributed by atoms with van der Waals surface area (Å²) in [5.74, 6) is -1.62. The van der Waals surface area contributed by atoms with E-state index in [-0.39, 0.29) is 23.5 Å². The van der Waals surface area contributed by atoms with Gasteiger partial charge in [-0.3, -0.25) is 0 Å². The Labute approximate surface area is 91.8 Å². The summed E-state index contributed by atoms with van der Waals surface area (Å²) in [7, 11) is 0. The zero-order chi connectivity index (χ0) is 12.1. The van der Waals surface area contributed by atoms with Crippen molar-refractivity contribution in [2.45, 2.75) is 6.10 Å². The van der Waals surface area contributed by atoms with Crippen molar-refractivity contribution < 1.29 is 25.2 Å². The molecule has 6 nitrogen and oxygen atoms in total. The van der Waals surface area contributed by atoms with Gasteiger partial charge in [-0.1, -0.05) is 6.07 Å². The van der Waals surface area contributed by atoms with Gasteiger partial charge in [0.1, 0.15) is 11.3 Å². The number of rotatable bonds is 5. The number of benzene rings is 1. The van der Waals surface area contributed by atoms with Gasteiger partial charge in [0.05, 0.1) is 18.4 Å². The number of phenols is 1. The van der Waals surface area contributed by atoms with E-state index in [0.29, 0.717) is 0 Å². The van der Waals surface area contributed by atoms with E-state index in [1.165, 1.54) is 18.2 Å². The standard InChI is InChI=1S/C10H13NO5/c12-5-6(13)4-11-7-2-1-3-8(14)9(7)10(15)16/h1-3,6,11-14H,4-5H2,(H,15,16). The number of hydrogen-bond donors (Lipinski definition) is 5. The van der Waals surface area contributed by atoms with Gasteiger partial charge in [-0.2, -0.15) is 0 Å². The number of carboxylic acids is 1. The Hall–Kier alpha value is -1.79. The molecule has 0 fully saturated rings. The van der Waals surface area contributed by atoms with Crippen molar-refractivity contribution in [3.63, 3.8) is 0 Å². The second-order valence-corrected chi connectivity index (χ2v) is 3.22. The van der Waals surface area contributed by atoms with E-state index in [0.717, 1.165) is 0 Å². The van der Waals surface area contributed by atoms with E-state index in [1.54, 1.807) is 0 Å². The molecule has 5 N–H and O–H groups in total. The third-order valence-corrected chi connectivity index (χ3v) is 2.00. The molecule has 88 valence electrons. The molecule has 16 heavy (non-hydrogen) atoms. The Balaban J connectivity index is 2.87. The number of carboxylic acid groups (broad SMARTS) is 1. The van der Waals surface area contributed by atoms with Crippen LogP contribution in [-0.2, 0) is 0 Å². The molecule has 0 amide bonds. The van der Waals surface area contributed by atoms with Crippen LogP contribution in [0, 0.1) is 0 Å². The first-order valence-electron chi connectivity index (χ1n) is 4.64. The minimum atomic E-state index is -1.26. The maximum absolute atomic E-state index is 10.8. The number of nitrogens with one attached hydrogen (secondary N) is 1. The second-order valence-electron chi connectivity index (χ2n) is 3.22. The largest absolute Gasteiger partial charge is 0.507 e. The lowest BCUT2D eigenvalue weighted by molar-refractivity contribution is 0.0694. The maximum Gasteiger partial charge on any atom is 0.341 e. The summed E-state index contributed by atoms with van der Waals surface area (Å²) in [6.07, 6.45) is -0.982. The summed E-state index contributed by atoms with van der Waals surface area (Å²) < 4.78 is 0. The van der Waals surface area contributed by atoms with Crippen LogP contribution in [0.15, 0.2) is 18.2 Å². The highest BCUT2D eigenvalue weighted by Gasteiger charge is 2.15. The summed E-state index contributed by atoms with van der Waals surface area (Å²) >= 11 is 0. The second kappa shape index (κ2) is 5.34. The molecule has 1 aromatic carbocycles. The first kappa shape index (κ1) is 12.3. The fourth-order valence-corrected chi connectivity index (χ4v) is 1.20. The van der Waals surface area contributed by atoms with Gasteiger partial charge < -0.3 is 25.7 Å². The van der Waals surface area contributed by atoms with Gasteiger partial charge in [-0.15, -0.1) is 0 Å². The topological polar surface area (TPSA) is 110 Å². The van der Waals surface area contributed by atoms with E-state index in [1.807, 2.05) is 0 Å². The van der Waals surface area contributed by atoms with Crippen LogP contribution in [0.25, 0.3) is 0 Å². The number of anilines is 1. The van der Waals surface area contributed by atoms with Gasteiger partial charge in [0, 0.05) is 6.54 Å². The number of carbonyl (C=O) groups is 1. The fraction of sp³-hybridized carbons (Fsp3) is 0.300. The zero-order valence-electron chi connectivity index (χ0n) is 8.42. The lowest BCUT2D eigenvalue weighted by atomic mass is 10.1. The minimum Gasteiger partial charge on any atom is -0.507 e. The maximum atomic E-state index is 10.8. The van der Waals surface area contributed by atoms with Gasteiger partial charge in [0.25, 0.3) is 0 Å². The van der Waals surface area contributed by atoms with Gasteiger partial charge >= 0.3 is 5.97 Å². The van der Waals surface area contributed by atoms with Gasteiger partial charge in [0.15, 0.2) is 0 Å². The van der Waals surface area contributed by atoms with Crippen molar-refractivity contribution in [2.24, 2.45) is 0 Å². The molecule has 1 unspecified atom stereocenters. The Morgan fingerprint density at radius 1 is 1.44 bits per heavy atom. The summed E-state index contributed by atoms with van der Waals surface area (Å²) in [4.78, 5) is 10.8. The van der Waals surface area contributed by atoms with E-state index in [2.05, 4.69) is 5.32 Å². The van der Waals surface area contributed by atoms with Crippen molar-refractivity contribution in [3.8, 4) is 5.75 Å². The van der Waals surface area contributed by atoms with Crippen LogP contribution < -0.4 is 5.32 Å². The molecule has 0 aromatic heterocycles. The Kier molecular flexibility index (Phi) is 4.10. The van der Waals surface area contributed by atoms with Crippen LogP contribution in [0.1, 0.15) is 10.4 Å². The number of aromatic hydroxyl groups is 1. The minimum absolute atomic E-state index is 0.000231. The Bertz CT molecular complexity index is 379. The van der Waals surface area contributed by atoms with E-state index >= 15 is 0 Å². The monoisotopic (exact) mass is 227 g/mol. The molecule has 6 heteroatoms. The number of hydrogen-bond acceptors (Lipinski definition) is 5. The molecule has 0 saturated carbocycles. The van der Waals surface area contributed by atoms with Gasteiger partial charge in [0.2, 0.25) is 0 Å². The number of aromatic carboxylic acids is 1. The summed E-state index contributed by atoms with van der Waals surface area (Å²) in [5, 5.41) is 38.5. The number of aliphatic hydroxyl groups is 2. The molecular weight excluding hydrogens is 214 g/mol. The molecule has 1 aromatic rings. The molecule has 0 aliphatic carbocycles. The van der Waals surface area contributed by atoms with E-state index in [9.17, 15) is 9.90 Å². The molecule has 1 atom stereocenters. The summed E-state index contributed by atoms with van der Waals surface area (Å²) in [6, 6.07) is 4.21. The Morgan fingerprint density at radius 3 is 2.69 bits per heavy atom. The first-order valence-corrected chi connectivity index (χ1v) is 4.64. The fourth-order valence-electron chi connectivity index (χ4n) is 1.20. The van der Waals surface area contributed by atoms with Crippen molar-refractivity contribution in [1.82, 2.24) is 0 Å². The van der Waals surface area contributed by atoms with Gasteiger partial charge in [-0.05, 0) is 12.1 Å². The SMILES string of the molecule is O=C(O)c1c(O)cccc1NCC(O)CO. The Morgan fingerprint density at radius 2 is 2.12 bits per heavy atom. The van der Waals surface area contributed by atoms with Crippen molar-refractivity contribution in [3.05, 3.63) is 23.8 Å². The third kappa shape index (κ3) is 2.85. The highest BCUT2D eigenvalue weighted by atomic mass is 16.4. The van der Waals surface area contributed by atoms with Crippen LogP contribution in [0.5, 0.6) is 5.75 Å². The predicted molar refractivity (Wildman–Crippen MR) is 56.6 cm³/mol. The molecule has 0 radical (unpaired) electrons. The molecule has 0 aliphatic rings. The van der Waals surface area contributed by atoms with Crippen LogP contribution in [0.3, 0.4) is 0 Å². The molecular formula is C10H13NO5. The molecule has 0 heterocycles.